The summed E-state index contributed by atoms with van der Waals surface area (Å²) in [6.45, 7) is 1.60. The molecule has 0 saturated carbocycles. The number of pyridine rings is 1. The van der Waals surface area contributed by atoms with Gasteiger partial charge in [0.25, 0.3) is 5.91 Å². The van der Waals surface area contributed by atoms with Crippen molar-refractivity contribution in [3.8, 4) is 17.7 Å². The van der Waals surface area contributed by atoms with Crippen LogP contribution in [0.4, 0.5) is 5.69 Å². The topological polar surface area (TPSA) is 84.2 Å². The van der Waals surface area contributed by atoms with E-state index in [1.165, 1.54) is 7.11 Å². The highest BCUT2D eigenvalue weighted by atomic mass is 16.5. The zero-order valence-electron chi connectivity index (χ0n) is 12.2. The predicted molar refractivity (Wildman–Crippen MR) is 80.7 cm³/mol. The number of nitriles is 1. The van der Waals surface area contributed by atoms with Crippen molar-refractivity contribution in [2.45, 2.75) is 13.0 Å². The van der Waals surface area contributed by atoms with Crippen LogP contribution in [-0.4, -0.2) is 24.1 Å². The fraction of sp³-hybridized carbons (Fsp3) is 0.188. The molecule has 0 spiro atoms. The van der Waals surface area contributed by atoms with Crippen molar-refractivity contribution in [1.29, 1.82) is 5.26 Å². The Hall–Kier alpha value is -3.07. The first-order valence-electron chi connectivity index (χ1n) is 6.61. The number of carbonyl (C=O) groups is 1. The highest BCUT2D eigenvalue weighted by Gasteiger charge is 2.18. The molecule has 0 fully saturated rings. The van der Waals surface area contributed by atoms with Gasteiger partial charge in [-0.3, -0.25) is 4.79 Å². The summed E-state index contributed by atoms with van der Waals surface area (Å²) < 4.78 is 10.6. The van der Waals surface area contributed by atoms with Crippen LogP contribution in [0.1, 0.15) is 12.5 Å². The maximum absolute atomic E-state index is 12.2. The third kappa shape index (κ3) is 3.52. The molecule has 0 aliphatic rings. The van der Waals surface area contributed by atoms with Crippen LogP contribution in [0, 0.1) is 11.3 Å². The second-order valence-electron chi connectivity index (χ2n) is 4.42. The summed E-state index contributed by atoms with van der Waals surface area (Å²) in [5.74, 6) is 0.324. The van der Waals surface area contributed by atoms with Crippen molar-refractivity contribution in [3.63, 3.8) is 0 Å². The number of hydrogen-bond acceptors (Lipinski definition) is 5. The molecule has 2 rings (SSSR count). The van der Waals surface area contributed by atoms with Crippen LogP contribution in [-0.2, 0) is 4.79 Å². The van der Waals surface area contributed by atoms with Gasteiger partial charge in [0.2, 0.25) is 5.88 Å². The second kappa shape index (κ2) is 7.09. The molecule has 1 amide bonds. The van der Waals surface area contributed by atoms with Crippen molar-refractivity contribution in [1.82, 2.24) is 4.98 Å². The number of amides is 1. The Kier molecular flexibility index (Phi) is 4.94. The maximum atomic E-state index is 12.2. The number of ether oxygens (including phenoxy) is 2. The van der Waals surface area contributed by atoms with E-state index in [-0.39, 0.29) is 5.91 Å². The van der Waals surface area contributed by atoms with Gasteiger partial charge in [0, 0.05) is 6.20 Å². The zero-order chi connectivity index (χ0) is 15.9. The largest absolute Gasteiger partial charge is 0.480 e. The molecule has 0 unspecified atom stereocenters. The van der Waals surface area contributed by atoms with Gasteiger partial charge in [-0.2, -0.15) is 5.26 Å². The van der Waals surface area contributed by atoms with Crippen LogP contribution in [0.2, 0.25) is 0 Å². The van der Waals surface area contributed by atoms with Crippen molar-refractivity contribution in [3.05, 3.63) is 48.2 Å². The van der Waals surface area contributed by atoms with Crippen molar-refractivity contribution in [2.75, 3.05) is 12.4 Å². The van der Waals surface area contributed by atoms with E-state index in [0.29, 0.717) is 22.9 Å². The van der Waals surface area contributed by atoms with E-state index in [1.807, 2.05) is 6.07 Å². The minimum atomic E-state index is -0.778. The van der Waals surface area contributed by atoms with Crippen LogP contribution in [0.15, 0.2) is 42.6 Å². The number of para-hydroxylation sites is 1. The van der Waals surface area contributed by atoms with Gasteiger partial charge in [0.15, 0.2) is 6.10 Å². The van der Waals surface area contributed by atoms with Gasteiger partial charge in [-0.25, -0.2) is 4.98 Å². The van der Waals surface area contributed by atoms with Crippen molar-refractivity contribution in [2.24, 2.45) is 0 Å². The molecule has 0 aliphatic carbocycles. The smallest absolute Gasteiger partial charge is 0.265 e. The van der Waals surface area contributed by atoms with Crippen LogP contribution < -0.4 is 14.8 Å². The van der Waals surface area contributed by atoms with Crippen LogP contribution in [0.3, 0.4) is 0 Å². The van der Waals surface area contributed by atoms with E-state index >= 15 is 0 Å². The first-order chi connectivity index (χ1) is 10.7. The summed E-state index contributed by atoms with van der Waals surface area (Å²) in [6, 6.07) is 12.1. The fourth-order valence-corrected chi connectivity index (χ4v) is 1.79. The predicted octanol–water partition coefficient (Wildman–Crippen LogP) is 2.37. The molecule has 0 aliphatic heterocycles. The Morgan fingerprint density at radius 3 is 2.82 bits per heavy atom. The molecule has 1 aromatic carbocycles. The fourth-order valence-electron chi connectivity index (χ4n) is 1.79. The standard InChI is InChI=1S/C16H15N3O3/c1-11(22-14-8-4-3-6-12(14)10-17)15(20)19-13-7-5-9-18-16(13)21-2/h3-9,11H,1-2H3,(H,19,20)/t11-/m1/s1. The normalized spacial score (nSPS) is 11.1. The molecule has 0 bridgehead atoms. The third-order valence-electron chi connectivity index (χ3n) is 2.90. The van der Waals surface area contributed by atoms with E-state index < -0.39 is 6.10 Å². The first kappa shape index (κ1) is 15.3. The molecule has 6 heteroatoms. The summed E-state index contributed by atoms with van der Waals surface area (Å²) in [4.78, 5) is 16.2. The number of nitrogens with zero attached hydrogens (tertiary/aromatic N) is 2. The van der Waals surface area contributed by atoms with Gasteiger partial charge >= 0.3 is 0 Å². The quantitative estimate of drug-likeness (QED) is 0.915. The molecular weight excluding hydrogens is 282 g/mol. The summed E-state index contributed by atoms with van der Waals surface area (Å²) in [6.07, 6.45) is 0.789. The Labute approximate surface area is 128 Å². The van der Waals surface area contributed by atoms with Gasteiger partial charge in [-0.1, -0.05) is 12.1 Å². The Balaban J connectivity index is 2.08. The van der Waals surface area contributed by atoms with E-state index in [1.54, 1.807) is 49.5 Å². The lowest BCUT2D eigenvalue weighted by atomic mass is 10.2. The van der Waals surface area contributed by atoms with Gasteiger partial charge in [-0.15, -0.1) is 0 Å². The molecule has 112 valence electrons. The number of benzene rings is 1. The number of carbonyl (C=O) groups excluding carboxylic acids is 1. The number of hydrogen-bond donors (Lipinski definition) is 1. The first-order valence-corrected chi connectivity index (χ1v) is 6.61. The second-order valence-corrected chi connectivity index (χ2v) is 4.42. The van der Waals surface area contributed by atoms with Gasteiger partial charge < -0.3 is 14.8 Å². The van der Waals surface area contributed by atoms with Gasteiger partial charge in [-0.05, 0) is 31.2 Å². The zero-order valence-corrected chi connectivity index (χ0v) is 12.2. The number of methoxy groups -OCH3 is 1. The Morgan fingerprint density at radius 1 is 1.32 bits per heavy atom. The molecule has 0 radical (unpaired) electrons. The minimum absolute atomic E-state index is 0.320. The average molecular weight is 297 g/mol. The van der Waals surface area contributed by atoms with E-state index in [0.717, 1.165) is 0 Å². The SMILES string of the molecule is COc1ncccc1NC(=O)[C@@H](C)Oc1ccccc1C#N. The molecule has 1 N–H and O–H groups in total. The summed E-state index contributed by atoms with van der Waals surface area (Å²) in [5, 5.41) is 11.7. The van der Waals surface area contributed by atoms with Crippen LogP contribution >= 0.6 is 0 Å². The maximum Gasteiger partial charge on any atom is 0.265 e. The Bertz CT molecular complexity index is 710. The van der Waals surface area contributed by atoms with E-state index in [4.69, 9.17) is 14.7 Å². The highest BCUT2D eigenvalue weighted by molar-refractivity contribution is 5.95. The Morgan fingerprint density at radius 2 is 2.09 bits per heavy atom. The molecule has 6 nitrogen and oxygen atoms in total. The molecule has 0 saturated heterocycles. The summed E-state index contributed by atoms with van der Waals surface area (Å²) in [7, 11) is 1.47. The monoisotopic (exact) mass is 297 g/mol. The van der Waals surface area contributed by atoms with E-state index in [9.17, 15) is 4.79 Å². The number of nitrogens with one attached hydrogen (secondary N) is 1. The number of anilines is 1. The number of aromatic nitrogens is 1. The van der Waals surface area contributed by atoms with Crippen molar-refractivity contribution < 1.29 is 14.3 Å². The summed E-state index contributed by atoms with van der Waals surface area (Å²) in [5.41, 5.74) is 0.833. The van der Waals surface area contributed by atoms with Crippen LogP contribution in [0.5, 0.6) is 11.6 Å². The minimum Gasteiger partial charge on any atom is -0.480 e. The molecule has 22 heavy (non-hydrogen) atoms. The summed E-state index contributed by atoms with van der Waals surface area (Å²) >= 11 is 0. The van der Waals surface area contributed by atoms with E-state index in [2.05, 4.69) is 10.3 Å². The molecule has 1 atom stereocenters. The molecule has 2 aromatic rings. The number of rotatable bonds is 5. The lowest BCUT2D eigenvalue weighted by molar-refractivity contribution is -0.122. The van der Waals surface area contributed by atoms with Crippen LogP contribution in [0.25, 0.3) is 0 Å². The molecule has 1 heterocycles. The lowest BCUT2D eigenvalue weighted by Crippen LogP contribution is -2.30. The lowest BCUT2D eigenvalue weighted by Gasteiger charge is -2.16. The van der Waals surface area contributed by atoms with Gasteiger partial charge in [0.05, 0.1) is 12.7 Å². The van der Waals surface area contributed by atoms with Gasteiger partial charge in [0.1, 0.15) is 17.5 Å². The molecular formula is C16H15N3O3. The third-order valence-corrected chi connectivity index (χ3v) is 2.90. The molecule has 1 aromatic heterocycles. The highest BCUT2D eigenvalue weighted by Crippen LogP contribution is 2.21. The average Bonchev–Trinajstić information content (AvgIpc) is 2.55. The van der Waals surface area contributed by atoms with Crippen molar-refractivity contribution >= 4 is 11.6 Å².